The van der Waals surface area contributed by atoms with Crippen LogP contribution in [-0.2, 0) is 16.0 Å². The highest BCUT2D eigenvalue weighted by Crippen LogP contribution is 2.22. The predicted molar refractivity (Wildman–Crippen MR) is 153 cm³/mol. The molecular formula is C33H58O2. The Balaban J connectivity index is 2.20. The number of hydrogen-bond donors (Lipinski definition) is 0. The van der Waals surface area contributed by atoms with E-state index in [4.69, 9.17) is 4.74 Å². The topological polar surface area (TPSA) is 26.3 Å². The Kier molecular flexibility index (Phi) is 22.1. The average Bonchev–Trinajstić information content (AvgIpc) is 2.87. The smallest absolute Gasteiger partial charge is 0.310 e. The molecule has 1 unspecified atom stereocenters. The van der Waals surface area contributed by atoms with Gasteiger partial charge in [-0.2, -0.15) is 0 Å². The van der Waals surface area contributed by atoms with Gasteiger partial charge in [-0.3, -0.25) is 4.79 Å². The van der Waals surface area contributed by atoms with Crippen LogP contribution in [0.4, 0.5) is 0 Å². The van der Waals surface area contributed by atoms with Crippen LogP contribution in [0.1, 0.15) is 154 Å². The first-order valence-corrected chi connectivity index (χ1v) is 15.5. The van der Waals surface area contributed by atoms with Crippen LogP contribution in [0.5, 0.6) is 0 Å². The summed E-state index contributed by atoms with van der Waals surface area (Å²) < 4.78 is 5.62. The molecule has 1 aromatic rings. The second kappa shape index (κ2) is 24.4. The molecule has 1 atom stereocenters. The van der Waals surface area contributed by atoms with Crippen LogP contribution in [0.2, 0.25) is 0 Å². The van der Waals surface area contributed by atoms with Crippen molar-refractivity contribution in [3.63, 3.8) is 0 Å². The SMILES string of the molecule is CCCCCCCCCCCCC(CCCCCCCCCC)CCOC(=O)Cc1ccccc1. The molecule has 0 aromatic heterocycles. The minimum atomic E-state index is -0.0824. The fourth-order valence-electron chi connectivity index (χ4n) is 5.07. The van der Waals surface area contributed by atoms with E-state index in [1.165, 1.54) is 128 Å². The Morgan fingerprint density at radius 3 is 1.49 bits per heavy atom. The van der Waals surface area contributed by atoms with Gasteiger partial charge in [-0.25, -0.2) is 0 Å². The lowest BCUT2D eigenvalue weighted by Gasteiger charge is -2.17. The molecule has 0 spiro atoms. The number of esters is 1. The van der Waals surface area contributed by atoms with E-state index in [1.807, 2.05) is 30.3 Å². The molecule has 0 aliphatic rings. The van der Waals surface area contributed by atoms with Crippen molar-refractivity contribution in [3.05, 3.63) is 35.9 Å². The minimum absolute atomic E-state index is 0.0824. The Labute approximate surface area is 219 Å². The summed E-state index contributed by atoms with van der Waals surface area (Å²) in [5.41, 5.74) is 1.04. The third-order valence-corrected chi connectivity index (χ3v) is 7.41. The van der Waals surface area contributed by atoms with E-state index in [0.29, 0.717) is 18.9 Å². The molecular weight excluding hydrogens is 428 g/mol. The molecule has 0 fully saturated rings. The standard InChI is InChI=1S/C33H58O2/c1-3-5-7-9-11-13-14-16-18-21-25-31(24-20-17-15-12-10-8-6-4-2)28-29-35-33(34)30-32-26-22-19-23-27-32/h19,22-23,26-27,31H,3-18,20-21,24-25,28-30H2,1-2H3. The number of carbonyl (C=O) groups is 1. The number of hydrogen-bond acceptors (Lipinski definition) is 2. The lowest BCUT2D eigenvalue weighted by atomic mass is 9.91. The van der Waals surface area contributed by atoms with Crippen LogP contribution in [-0.4, -0.2) is 12.6 Å². The molecule has 0 N–H and O–H groups in total. The summed E-state index contributed by atoms with van der Waals surface area (Å²) in [4.78, 5) is 12.2. The van der Waals surface area contributed by atoms with Crippen LogP contribution in [0.15, 0.2) is 30.3 Å². The van der Waals surface area contributed by atoms with Crippen molar-refractivity contribution in [3.8, 4) is 0 Å². The molecule has 35 heavy (non-hydrogen) atoms. The van der Waals surface area contributed by atoms with Gasteiger partial charge >= 0.3 is 5.97 Å². The van der Waals surface area contributed by atoms with Crippen LogP contribution in [0.3, 0.4) is 0 Å². The van der Waals surface area contributed by atoms with E-state index < -0.39 is 0 Å². The molecule has 0 radical (unpaired) electrons. The average molecular weight is 487 g/mol. The van der Waals surface area contributed by atoms with Gasteiger partial charge in [0.1, 0.15) is 0 Å². The maximum Gasteiger partial charge on any atom is 0.310 e. The zero-order valence-corrected chi connectivity index (χ0v) is 23.5. The molecule has 202 valence electrons. The Hall–Kier alpha value is -1.31. The van der Waals surface area contributed by atoms with E-state index in [2.05, 4.69) is 13.8 Å². The maximum absolute atomic E-state index is 12.2. The second-order valence-electron chi connectivity index (χ2n) is 10.8. The van der Waals surface area contributed by atoms with E-state index >= 15 is 0 Å². The highest BCUT2D eigenvalue weighted by molar-refractivity contribution is 5.72. The number of unbranched alkanes of at least 4 members (excludes halogenated alkanes) is 16. The summed E-state index contributed by atoms with van der Waals surface area (Å²) in [6.45, 7) is 5.16. The minimum Gasteiger partial charge on any atom is -0.465 e. The fraction of sp³-hybridized carbons (Fsp3) is 0.788. The fourth-order valence-corrected chi connectivity index (χ4v) is 5.07. The zero-order valence-electron chi connectivity index (χ0n) is 23.5. The second-order valence-corrected chi connectivity index (χ2v) is 10.8. The van der Waals surface area contributed by atoms with Gasteiger partial charge in [0, 0.05) is 0 Å². The molecule has 0 amide bonds. The van der Waals surface area contributed by atoms with Crippen molar-refractivity contribution >= 4 is 5.97 Å². The van der Waals surface area contributed by atoms with Crippen molar-refractivity contribution in [2.75, 3.05) is 6.61 Å². The third-order valence-electron chi connectivity index (χ3n) is 7.41. The van der Waals surface area contributed by atoms with Crippen LogP contribution >= 0.6 is 0 Å². The summed E-state index contributed by atoms with van der Waals surface area (Å²) in [5.74, 6) is 0.634. The van der Waals surface area contributed by atoms with E-state index in [0.717, 1.165) is 12.0 Å². The molecule has 0 aliphatic carbocycles. The molecule has 2 nitrogen and oxygen atoms in total. The van der Waals surface area contributed by atoms with Crippen molar-refractivity contribution < 1.29 is 9.53 Å². The third kappa shape index (κ3) is 20.6. The lowest BCUT2D eigenvalue weighted by Crippen LogP contribution is -2.12. The first-order chi connectivity index (χ1) is 17.3. The first-order valence-electron chi connectivity index (χ1n) is 15.5. The summed E-state index contributed by atoms with van der Waals surface area (Å²) in [5, 5.41) is 0. The first kappa shape index (κ1) is 31.7. The van der Waals surface area contributed by atoms with Gasteiger partial charge in [0.25, 0.3) is 0 Å². The normalized spacial score (nSPS) is 12.1. The quantitative estimate of drug-likeness (QED) is 0.101. The molecule has 0 bridgehead atoms. The van der Waals surface area contributed by atoms with Gasteiger partial charge in [-0.1, -0.05) is 173 Å². The monoisotopic (exact) mass is 486 g/mol. The van der Waals surface area contributed by atoms with E-state index in [9.17, 15) is 4.79 Å². The summed E-state index contributed by atoms with van der Waals surface area (Å²) in [7, 11) is 0. The molecule has 0 heterocycles. The summed E-state index contributed by atoms with van der Waals surface area (Å²) in [6.07, 6.45) is 29.0. The van der Waals surface area contributed by atoms with Crippen LogP contribution in [0.25, 0.3) is 0 Å². The molecule has 2 heteroatoms. The Morgan fingerprint density at radius 2 is 1.03 bits per heavy atom. The van der Waals surface area contributed by atoms with Gasteiger partial charge in [0.05, 0.1) is 13.0 Å². The van der Waals surface area contributed by atoms with E-state index in [-0.39, 0.29) is 5.97 Å². The van der Waals surface area contributed by atoms with Gasteiger partial charge < -0.3 is 4.74 Å². The number of rotatable bonds is 25. The Morgan fingerprint density at radius 1 is 0.600 bits per heavy atom. The van der Waals surface area contributed by atoms with Gasteiger partial charge in [-0.05, 0) is 17.9 Å². The molecule has 0 aliphatic heterocycles. The molecule has 0 saturated heterocycles. The van der Waals surface area contributed by atoms with Gasteiger partial charge in [0.15, 0.2) is 0 Å². The summed E-state index contributed by atoms with van der Waals surface area (Å²) >= 11 is 0. The molecule has 1 aromatic carbocycles. The molecule has 1 rings (SSSR count). The largest absolute Gasteiger partial charge is 0.465 e. The van der Waals surface area contributed by atoms with Crippen molar-refractivity contribution in [1.82, 2.24) is 0 Å². The van der Waals surface area contributed by atoms with Crippen molar-refractivity contribution in [2.45, 2.75) is 155 Å². The number of ether oxygens (including phenoxy) is 1. The van der Waals surface area contributed by atoms with Gasteiger partial charge in [0.2, 0.25) is 0 Å². The van der Waals surface area contributed by atoms with Crippen molar-refractivity contribution in [1.29, 1.82) is 0 Å². The maximum atomic E-state index is 12.2. The number of benzene rings is 1. The van der Waals surface area contributed by atoms with Crippen LogP contribution < -0.4 is 0 Å². The van der Waals surface area contributed by atoms with Crippen molar-refractivity contribution in [2.24, 2.45) is 5.92 Å². The summed E-state index contributed by atoms with van der Waals surface area (Å²) in [6, 6.07) is 9.94. The van der Waals surface area contributed by atoms with E-state index in [1.54, 1.807) is 0 Å². The highest BCUT2D eigenvalue weighted by atomic mass is 16.5. The Bertz CT molecular complexity index is 568. The molecule has 0 saturated carbocycles. The number of carbonyl (C=O) groups excluding carboxylic acids is 1. The predicted octanol–water partition coefficient (Wildman–Crippen LogP) is 10.6. The van der Waals surface area contributed by atoms with Crippen LogP contribution in [0, 0.1) is 5.92 Å². The highest BCUT2D eigenvalue weighted by Gasteiger charge is 2.11. The zero-order chi connectivity index (χ0) is 25.2. The lowest BCUT2D eigenvalue weighted by molar-refractivity contribution is -0.143. The van der Waals surface area contributed by atoms with Gasteiger partial charge in [-0.15, -0.1) is 0 Å².